The van der Waals surface area contributed by atoms with Crippen molar-refractivity contribution in [1.82, 2.24) is 9.88 Å². The van der Waals surface area contributed by atoms with Crippen molar-refractivity contribution in [3.63, 3.8) is 0 Å². The van der Waals surface area contributed by atoms with Crippen LogP contribution in [0.15, 0.2) is 30.5 Å². The third-order valence-corrected chi connectivity index (χ3v) is 4.17. The van der Waals surface area contributed by atoms with Gasteiger partial charge in [-0.2, -0.15) is 0 Å². The van der Waals surface area contributed by atoms with Crippen LogP contribution in [0.1, 0.15) is 18.4 Å². The standard InChI is InChI=1S/C16H17N3O3/c1-10-5-4-8-17-14(10)18-13(20)9-19-15(21)11-6-2-3-7-12(11)16(19)22/h2-5,8,11-12H,6-7,9H2,1H3,(H,17,18,20). The molecule has 0 radical (unpaired) electrons. The Morgan fingerprint density at radius 2 is 1.91 bits per heavy atom. The van der Waals surface area contributed by atoms with Crippen molar-refractivity contribution in [3.05, 3.63) is 36.0 Å². The smallest absolute Gasteiger partial charge is 0.245 e. The molecule has 0 bridgehead atoms. The molecule has 2 heterocycles. The topological polar surface area (TPSA) is 79.4 Å². The largest absolute Gasteiger partial charge is 0.309 e. The van der Waals surface area contributed by atoms with Gasteiger partial charge < -0.3 is 5.32 Å². The zero-order valence-electron chi connectivity index (χ0n) is 12.3. The van der Waals surface area contributed by atoms with Crippen LogP contribution < -0.4 is 5.32 Å². The van der Waals surface area contributed by atoms with Gasteiger partial charge in [0.15, 0.2) is 0 Å². The number of aryl methyl sites for hydroxylation is 1. The summed E-state index contributed by atoms with van der Waals surface area (Å²) < 4.78 is 0. The average Bonchev–Trinajstić information content (AvgIpc) is 2.75. The number of anilines is 1. The van der Waals surface area contributed by atoms with Gasteiger partial charge in [-0.1, -0.05) is 18.2 Å². The highest BCUT2D eigenvalue weighted by Crippen LogP contribution is 2.34. The second-order valence-electron chi connectivity index (χ2n) is 5.64. The van der Waals surface area contributed by atoms with E-state index in [1.165, 1.54) is 0 Å². The Morgan fingerprint density at radius 3 is 2.50 bits per heavy atom. The van der Waals surface area contributed by atoms with Crippen molar-refractivity contribution in [2.45, 2.75) is 19.8 Å². The van der Waals surface area contributed by atoms with E-state index in [4.69, 9.17) is 0 Å². The minimum atomic E-state index is -0.407. The van der Waals surface area contributed by atoms with E-state index in [9.17, 15) is 14.4 Å². The Labute approximate surface area is 128 Å². The number of pyridine rings is 1. The Balaban J connectivity index is 1.68. The third-order valence-electron chi connectivity index (χ3n) is 4.17. The number of amides is 3. The molecule has 0 spiro atoms. The lowest BCUT2D eigenvalue weighted by Crippen LogP contribution is -2.38. The van der Waals surface area contributed by atoms with Gasteiger partial charge in [0.1, 0.15) is 12.4 Å². The van der Waals surface area contributed by atoms with Gasteiger partial charge >= 0.3 is 0 Å². The van der Waals surface area contributed by atoms with E-state index in [0.29, 0.717) is 18.7 Å². The summed E-state index contributed by atoms with van der Waals surface area (Å²) in [4.78, 5) is 41.8. The molecule has 2 unspecified atom stereocenters. The number of rotatable bonds is 3. The fourth-order valence-electron chi connectivity index (χ4n) is 2.96. The van der Waals surface area contributed by atoms with E-state index >= 15 is 0 Å². The zero-order chi connectivity index (χ0) is 15.7. The molecule has 1 saturated heterocycles. The molecule has 1 fully saturated rings. The fraction of sp³-hybridized carbons (Fsp3) is 0.375. The number of likely N-dealkylation sites (tertiary alicyclic amines) is 1. The van der Waals surface area contributed by atoms with Crippen LogP contribution in [-0.2, 0) is 14.4 Å². The van der Waals surface area contributed by atoms with E-state index in [2.05, 4.69) is 10.3 Å². The molecule has 0 aromatic carbocycles. The number of fused-ring (bicyclic) bond motifs is 1. The molecule has 1 aliphatic carbocycles. The molecule has 2 aliphatic rings. The van der Waals surface area contributed by atoms with Gasteiger partial charge in [0, 0.05) is 6.20 Å². The number of carbonyl (C=O) groups is 3. The summed E-state index contributed by atoms with van der Waals surface area (Å²) in [6.07, 6.45) is 6.58. The van der Waals surface area contributed by atoms with Gasteiger partial charge in [0.05, 0.1) is 11.8 Å². The van der Waals surface area contributed by atoms with Gasteiger partial charge in [0.2, 0.25) is 17.7 Å². The van der Waals surface area contributed by atoms with Crippen LogP contribution in [0.4, 0.5) is 5.82 Å². The van der Waals surface area contributed by atoms with Crippen molar-refractivity contribution in [3.8, 4) is 0 Å². The molecule has 114 valence electrons. The molecule has 3 rings (SSSR count). The molecule has 1 aromatic heterocycles. The predicted molar refractivity (Wildman–Crippen MR) is 79.7 cm³/mol. The van der Waals surface area contributed by atoms with Crippen molar-refractivity contribution in [2.24, 2.45) is 11.8 Å². The summed E-state index contributed by atoms with van der Waals surface area (Å²) in [5, 5.41) is 2.65. The predicted octanol–water partition coefficient (Wildman–Crippen LogP) is 1.28. The molecule has 6 nitrogen and oxygen atoms in total. The van der Waals surface area contributed by atoms with Crippen LogP contribution in [-0.4, -0.2) is 34.2 Å². The fourth-order valence-corrected chi connectivity index (χ4v) is 2.96. The van der Waals surface area contributed by atoms with E-state index in [0.717, 1.165) is 10.5 Å². The molecule has 1 aromatic rings. The van der Waals surface area contributed by atoms with E-state index in [1.54, 1.807) is 12.3 Å². The first kappa shape index (κ1) is 14.4. The first-order valence-electron chi connectivity index (χ1n) is 7.29. The highest BCUT2D eigenvalue weighted by atomic mass is 16.2. The highest BCUT2D eigenvalue weighted by Gasteiger charge is 2.47. The van der Waals surface area contributed by atoms with Gasteiger partial charge in [0.25, 0.3) is 0 Å². The molecular formula is C16H17N3O3. The van der Waals surface area contributed by atoms with Gasteiger partial charge in [-0.3, -0.25) is 19.3 Å². The van der Waals surface area contributed by atoms with Crippen molar-refractivity contribution < 1.29 is 14.4 Å². The lowest BCUT2D eigenvalue weighted by atomic mass is 9.85. The second kappa shape index (κ2) is 5.71. The molecule has 6 heteroatoms. The van der Waals surface area contributed by atoms with Crippen LogP contribution in [0.25, 0.3) is 0 Å². The summed E-state index contributed by atoms with van der Waals surface area (Å²) in [6.45, 7) is 1.58. The first-order valence-corrected chi connectivity index (χ1v) is 7.29. The minimum Gasteiger partial charge on any atom is -0.309 e. The molecular weight excluding hydrogens is 282 g/mol. The Morgan fingerprint density at radius 1 is 1.27 bits per heavy atom. The summed E-state index contributed by atoms with van der Waals surface area (Å²) in [5.74, 6) is -1.05. The SMILES string of the molecule is Cc1cccnc1NC(=O)CN1C(=O)C2CC=CCC2C1=O. The van der Waals surface area contributed by atoms with Crippen molar-refractivity contribution >= 4 is 23.5 Å². The van der Waals surface area contributed by atoms with Gasteiger partial charge in [-0.15, -0.1) is 0 Å². The van der Waals surface area contributed by atoms with Crippen LogP contribution in [0.2, 0.25) is 0 Å². The van der Waals surface area contributed by atoms with Gasteiger partial charge in [-0.25, -0.2) is 4.98 Å². The monoisotopic (exact) mass is 299 g/mol. The summed E-state index contributed by atoms with van der Waals surface area (Å²) in [5.41, 5.74) is 0.827. The summed E-state index contributed by atoms with van der Waals surface area (Å²) in [6, 6.07) is 3.60. The zero-order valence-corrected chi connectivity index (χ0v) is 12.3. The number of nitrogens with zero attached hydrogens (tertiary/aromatic N) is 2. The quantitative estimate of drug-likeness (QED) is 0.673. The number of hydrogen-bond acceptors (Lipinski definition) is 4. The van der Waals surface area contributed by atoms with E-state index in [1.807, 2.05) is 25.1 Å². The highest BCUT2D eigenvalue weighted by molar-refractivity contribution is 6.08. The third kappa shape index (κ3) is 2.52. The maximum absolute atomic E-state index is 12.3. The van der Waals surface area contributed by atoms with Crippen LogP contribution in [0, 0.1) is 18.8 Å². The average molecular weight is 299 g/mol. The number of allylic oxidation sites excluding steroid dienone is 2. The van der Waals surface area contributed by atoms with Crippen molar-refractivity contribution in [2.75, 3.05) is 11.9 Å². The number of nitrogens with one attached hydrogen (secondary N) is 1. The van der Waals surface area contributed by atoms with Crippen LogP contribution >= 0.6 is 0 Å². The number of carbonyl (C=O) groups excluding carboxylic acids is 3. The first-order chi connectivity index (χ1) is 10.6. The Kier molecular flexibility index (Phi) is 3.75. The lowest BCUT2D eigenvalue weighted by Gasteiger charge is -2.14. The number of imide groups is 1. The molecule has 3 amide bonds. The minimum absolute atomic E-state index is 0.243. The summed E-state index contributed by atoms with van der Waals surface area (Å²) >= 11 is 0. The maximum atomic E-state index is 12.3. The number of aromatic nitrogens is 1. The molecule has 22 heavy (non-hydrogen) atoms. The van der Waals surface area contributed by atoms with Crippen LogP contribution in [0.5, 0.6) is 0 Å². The second-order valence-corrected chi connectivity index (χ2v) is 5.64. The van der Waals surface area contributed by atoms with E-state index < -0.39 is 5.91 Å². The number of hydrogen-bond donors (Lipinski definition) is 1. The Bertz CT molecular complexity index is 642. The Hall–Kier alpha value is -2.50. The maximum Gasteiger partial charge on any atom is 0.245 e. The van der Waals surface area contributed by atoms with E-state index in [-0.39, 0.29) is 30.2 Å². The molecule has 1 aliphatic heterocycles. The van der Waals surface area contributed by atoms with Gasteiger partial charge in [-0.05, 0) is 31.4 Å². The summed E-state index contributed by atoms with van der Waals surface area (Å²) in [7, 11) is 0. The van der Waals surface area contributed by atoms with Crippen molar-refractivity contribution in [1.29, 1.82) is 0 Å². The lowest BCUT2D eigenvalue weighted by molar-refractivity contribution is -0.142. The molecule has 1 N–H and O–H groups in total. The normalized spacial score (nSPS) is 23.6. The molecule has 0 saturated carbocycles. The molecule has 2 atom stereocenters. The van der Waals surface area contributed by atoms with Crippen LogP contribution in [0.3, 0.4) is 0 Å².